The molecule has 0 bridgehead atoms. The first-order chi connectivity index (χ1) is 15.8. The molecule has 3 heterocycles. The summed E-state index contributed by atoms with van der Waals surface area (Å²) < 4.78 is 1.87. The zero-order valence-corrected chi connectivity index (χ0v) is 18.0. The largest absolute Gasteiger partial charge is 0.350 e. The third-order valence-electron chi connectivity index (χ3n) is 6.13. The third-order valence-corrected chi connectivity index (χ3v) is 6.13. The Bertz CT molecular complexity index is 1180. The molecule has 1 amide bonds. The lowest BCUT2D eigenvalue weighted by atomic mass is 10.1. The molecule has 0 spiro atoms. The van der Waals surface area contributed by atoms with Gasteiger partial charge in [-0.2, -0.15) is 5.10 Å². The van der Waals surface area contributed by atoms with E-state index >= 15 is 0 Å². The number of aromatic nitrogens is 3. The molecule has 32 heavy (non-hydrogen) atoms. The van der Waals surface area contributed by atoms with Crippen LogP contribution in [0, 0.1) is 0 Å². The molecule has 0 saturated carbocycles. The number of likely N-dealkylation sites (tertiary alicyclic amines) is 1. The number of hydrogen-bond donors (Lipinski definition) is 1. The maximum Gasteiger partial charge on any atom is 0.252 e. The topological polar surface area (TPSA) is 63.1 Å². The molecule has 2 aromatic heterocycles. The molecule has 162 valence electrons. The van der Waals surface area contributed by atoms with Crippen molar-refractivity contribution in [2.45, 2.75) is 25.4 Å². The number of pyridine rings is 1. The van der Waals surface area contributed by atoms with E-state index in [1.807, 2.05) is 35.0 Å². The first-order valence-corrected chi connectivity index (χ1v) is 11.2. The Morgan fingerprint density at radius 2 is 1.69 bits per heavy atom. The first kappa shape index (κ1) is 20.4. The zero-order chi connectivity index (χ0) is 21.8. The van der Waals surface area contributed by atoms with Gasteiger partial charge in [0, 0.05) is 18.1 Å². The van der Waals surface area contributed by atoms with Crippen LogP contribution < -0.4 is 5.32 Å². The van der Waals surface area contributed by atoms with Crippen LogP contribution in [0.4, 0.5) is 0 Å². The summed E-state index contributed by atoms with van der Waals surface area (Å²) in [7, 11) is 0. The smallest absolute Gasteiger partial charge is 0.252 e. The van der Waals surface area contributed by atoms with Gasteiger partial charge < -0.3 is 5.32 Å². The van der Waals surface area contributed by atoms with E-state index in [-0.39, 0.29) is 11.9 Å². The number of fused-ring (bicyclic) bond motifs is 1. The van der Waals surface area contributed by atoms with Gasteiger partial charge in [-0.05, 0) is 43.1 Å². The SMILES string of the molecule is O=C(NCC(c1ccccc1)N1CCCC1)c1cnc2c(cnn2Cc2ccccc2)c1. The summed E-state index contributed by atoms with van der Waals surface area (Å²) in [4.78, 5) is 20.0. The van der Waals surface area contributed by atoms with Crippen LogP contribution in [0.25, 0.3) is 11.0 Å². The molecule has 5 rings (SSSR count). The van der Waals surface area contributed by atoms with Gasteiger partial charge in [-0.25, -0.2) is 9.67 Å². The number of hydrogen-bond acceptors (Lipinski definition) is 4. The van der Waals surface area contributed by atoms with Crippen molar-refractivity contribution < 1.29 is 4.79 Å². The van der Waals surface area contributed by atoms with Crippen LogP contribution in [-0.2, 0) is 6.54 Å². The molecular formula is C26H27N5O. The van der Waals surface area contributed by atoms with Crippen LogP contribution in [0.1, 0.15) is 40.4 Å². The lowest BCUT2D eigenvalue weighted by Gasteiger charge is -2.28. The summed E-state index contributed by atoms with van der Waals surface area (Å²) in [6.45, 7) is 3.37. The van der Waals surface area contributed by atoms with Crippen molar-refractivity contribution >= 4 is 16.9 Å². The highest BCUT2D eigenvalue weighted by atomic mass is 16.1. The fraction of sp³-hybridized carbons (Fsp3) is 0.269. The summed E-state index contributed by atoms with van der Waals surface area (Å²) in [5.41, 5.74) is 3.75. The van der Waals surface area contributed by atoms with Gasteiger partial charge in [0.05, 0.1) is 24.3 Å². The predicted octanol–water partition coefficient (Wildman–Crippen LogP) is 4.05. The second-order valence-corrected chi connectivity index (χ2v) is 8.30. The average molecular weight is 426 g/mol. The van der Waals surface area contributed by atoms with Gasteiger partial charge in [0.15, 0.2) is 5.65 Å². The van der Waals surface area contributed by atoms with E-state index in [1.54, 1.807) is 12.4 Å². The molecule has 1 atom stereocenters. The van der Waals surface area contributed by atoms with Crippen molar-refractivity contribution in [3.63, 3.8) is 0 Å². The third kappa shape index (κ3) is 4.41. The predicted molar refractivity (Wildman–Crippen MR) is 125 cm³/mol. The highest BCUT2D eigenvalue weighted by Crippen LogP contribution is 2.24. The normalized spacial score (nSPS) is 15.1. The highest BCUT2D eigenvalue weighted by Gasteiger charge is 2.24. The Hall–Kier alpha value is -3.51. The Kier molecular flexibility index (Phi) is 5.94. The average Bonchev–Trinajstić information content (AvgIpc) is 3.51. The molecule has 2 aromatic carbocycles. The number of benzene rings is 2. The zero-order valence-electron chi connectivity index (χ0n) is 18.0. The Morgan fingerprint density at radius 3 is 2.44 bits per heavy atom. The molecule has 1 N–H and O–H groups in total. The molecule has 4 aromatic rings. The van der Waals surface area contributed by atoms with Crippen LogP contribution in [0.3, 0.4) is 0 Å². The molecule has 6 nitrogen and oxygen atoms in total. The van der Waals surface area contributed by atoms with Crippen molar-refractivity contribution in [3.8, 4) is 0 Å². The summed E-state index contributed by atoms with van der Waals surface area (Å²) in [5, 5.41) is 8.48. The van der Waals surface area contributed by atoms with Gasteiger partial charge in [0.2, 0.25) is 0 Å². The van der Waals surface area contributed by atoms with Crippen LogP contribution in [0.2, 0.25) is 0 Å². The van der Waals surface area contributed by atoms with Crippen molar-refractivity contribution in [2.75, 3.05) is 19.6 Å². The quantitative estimate of drug-likeness (QED) is 0.485. The summed E-state index contributed by atoms with van der Waals surface area (Å²) in [5.74, 6) is -0.102. The maximum atomic E-state index is 12.9. The molecule has 1 aliphatic rings. The van der Waals surface area contributed by atoms with Crippen molar-refractivity contribution in [1.29, 1.82) is 0 Å². The van der Waals surface area contributed by atoms with E-state index in [1.165, 1.54) is 18.4 Å². The van der Waals surface area contributed by atoms with Crippen molar-refractivity contribution in [2.24, 2.45) is 0 Å². The van der Waals surface area contributed by atoms with Gasteiger partial charge in [0.1, 0.15) is 0 Å². The van der Waals surface area contributed by atoms with Crippen molar-refractivity contribution in [3.05, 3.63) is 95.8 Å². The Balaban J connectivity index is 1.30. The van der Waals surface area contributed by atoms with E-state index in [0.29, 0.717) is 18.7 Å². The maximum absolute atomic E-state index is 12.9. The minimum Gasteiger partial charge on any atom is -0.350 e. The van der Waals surface area contributed by atoms with Gasteiger partial charge in [-0.3, -0.25) is 9.69 Å². The summed E-state index contributed by atoms with van der Waals surface area (Å²) >= 11 is 0. The van der Waals surface area contributed by atoms with Gasteiger partial charge in [-0.15, -0.1) is 0 Å². The van der Waals surface area contributed by atoms with Crippen LogP contribution in [0.5, 0.6) is 0 Å². The molecule has 0 aliphatic carbocycles. The monoisotopic (exact) mass is 425 g/mol. The minimum absolute atomic E-state index is 0.102. The molecule has 1 aliphatic heterocycles. The molecule has 0 radical (unpaired) electrons. The number of nitrogens with one attached hydrogen (secondary N) is 1. The first-order valence-electron chi connectivity index (χ1n) is 11.2. The molecule has 1 fully saturated rings. The van der Waals surface area contributed by atoms with E-state index in [2.05, 4.69) is 56.7 Å². The second-order valence-electron chi connectivity index (χ2n) is 8.30. The van der Waals surface area contributed by atoms with Gasteiger partial charge in [0.25, 0.3) is 5.91 Å². The van der Waals surface area contributed by atoms with E-state index in [4.69, 9.17) is 0 Å². The number of amides is 1. The van der Waals surface area contributed by atoms with Crippen LogP contribution >= 0.6 is 0 Å². The molecular weight excluding hydrogens is 398 g/mol. The number of carbonyl (C=O) groups excluding carboxylic acids is 1. The fourth-order valence-electron chi connectivity index (χ4n) is 4.45. The molecule has 1 unspecified atom stereocenters. The van der Waals surface area contributed by atoms with E-state index in [9.17, 15) is 4.79 Å². The molecule has 6 heteroatoms. The van der Waals surface area contributed by atoms with E-state index < -0.39 is 0 Å². The van der Waals surface area contributed by atoms with E-state index in [0.717, 1.165) is 29.7 Å². The van der Waals surface area contributed by atoms with Gasteiger partial charge >= 0.3 is 0 Å². The number of nitrogens with zero attached hydrogens (tertiary/aromatic N) is 4. The summed E-state index contributed by atoms with van der Waals surface area (Å²) in [6, 6.07) is 22.7. The fourth-order valence-corrected chi connectivity index (χ4v) is 4.45. The van der Waals surface area contributed by atoms with Crippen LogP contribution in [0.15, 0.2) is 79.1 Å². The minimum atomic E-state index is -0.102. The molecule has 1 saturated heterocycles. The standard InChI is InChI=1S/C26H27N5O/c32-26(28-18-24(30-13-7-8-14-30)21-11-5-2-6-12-21)23-15-22-17-29-31(25(22)27-16-23)19-20-9-3-1-4-10-20/h1-6,9-12,15-17,24H,7-8,13-14,18-19H2,(H,28,32). The lowest BCUT2D eigenvalue weighted by Crippen LogP contribution is -2.36. The highest BCUT2D eigenvalue weighted by molar-refractivity contribution is 5.96. The number of carbonyl (C=O) groups is 1. The number of rotatable bonds is 7. The summed E-state index contributed by atoms with van der Waals surface area (Å²) in [6.07, 6.45) is 5.85. The second kappa shape index (κ2) is 9.32. The Labute approximate surface area is 187 Å². The lowest BCUT2D eigenvalue weighted by molar-refractivity contribution is 0.0937. The van der Waals surface area contributed by atoms with Crippen molar-refractivity contribution in [1.82, 2.24) is 25.0 Å². The van der Waals surface area contributed by atoms with Gasteiger partial charge in [-0.1, -0.05) is 60.7 Å². The van der Waals surface area contributed by atoms with Crippen LogP contribution in [-0.4, -0.2) is 45.2 Å². The Morgan fingerprint density at radius 1 is 0.969 bits per heavy atom.